The maximum Gasteiger partial charge on any atom is 0.243 e. The van der Waals surface area contributed by atoms with Gasteiger partial charge >= 0.3 is 0 Å². The summed E-state index contributed by atoms with van der Waals surface area (Å²) >= 11 is 5.81. The first-order valence-corrected chi connectivity index (χ1v) is 7.79. The number of furan rings is 1. The first-order valence-electron chi connectivity index (χ1n) is 5.93. The van der Waals surface area contributed by atoms with Gasteiger partial charge in [0.2, 0.25) is 10.0 Å². The molecule has 0 amide bonds. The molecule has 1 heterocycles. The predicted molar refractivity (Wildman–Crippen MR) is 78.0 cm³/mol. The molecule has 108 valence electrons. The van der Waals surface area contributed by atoms with Crippen LogP contribution in [0.2, 0.25) is 5.02 Å². The molecule has 2 rings (SSSR count). The fourth-order valence-electron chi connectivity index (χ4n) is 1.78. The van der Waals surface area contributed by atoms with Crippen LogP contribution < -0.4 is 10.5 Å². The molecule has 20 heavy (non-hydrogen) atoms. The fourth-order valence-corrected chi connectivity index (χ4v) is 3.39. The Morgan fingerprint density at radius 3 is 2.60 bits per heavy atom. The SMILES string of the molecule is Cc1ccc(C(C)NS(=O)(=O)c2cc(Cl)ccc2N)o1. The van der Waals surface area contributed by atoms with Gasteiger partial charge in [-0.25, -0.2) is 13.1 Å². The Kier molecular flexibility index (Phi) is 4.08. The Bertz CT molecular complexity index is 725. The summed E-state index contributed by atoms with van der Waals surface area (Å²) in [6, 6.07) is 7.30. The number of aryl methyl sites for hydroxylation is 1. The van der Waals surface area contributed by atoms with E-state index in [0.29, 0.717) is 16.5 Å². The molecule has 0 aliphatic carbocycles. The van der Waals surface area contributed by atoms with Crippen molar-refractivity contribution in [2.24, 2.45) is 0 Å². The van der Waals surface area contributed by atoms with Crippen molar-refractivity contribution < 1.29 is 12.8 Å². The lowest BCUT2D eigenvalue weighted by molar-refractivity contribution is 0.441. The molecular weight excluding hydrogens is 300 g/mol. The van der Waals surface area contributed by atoms with Gasteiger partial charge in [-0.05, 0) is 44.2 Å². The Morgan fingerprint density at radius 1 is 1.30 bits per heavy atom. The maximum absolute atomic E-state index is 12.3. The summed E-state index contributed by atoms with van der Waals surface area (Å²) in [5, 5.41) is 0.307. The topological polar surface area (TPSA) is 85.3 Å². The van der Waals surface area contributed by atoms with Crippen LogP contribution in [0.4, 0.5) is 5.69 Å². The number of anilines is 1. The van der Waals surface area contributed by atoms with Crippen molar-refractivity contribution in [3.8, 4) is 0 Å². The van der Waals surface area contributed by atoms with Crippen molar-refractivity contribution in [3.05, 3.63) is 46.9 Å². The first-order chi connectivity index (χ1) is 9.29. The largest absolute Gasteiger partial charge is 0.465 e. The number of hydrogen-bond donors (Lipinski definition) is 2. The molecule has 0 aliphatic heterocycles. The summed E-state index contributed by atoms with van der Waals surface area (Å²) in [5.41, 5.74) is 5.84. The van der Waals surface area contributed by atoms with Crippen LogP contribution in [-0.4, -0.2) is 8.42 Å². The van der Waals surface area contributed by atoms with Crippen LogP contribution in [0.1, 0.15) is 24.5 Å². The number of nitrogens with two attached hydrogens (primary N) is 1. The smallest absolute Gasteiger partial charge is 0.243 e. The summed E-state index contributed by atoms with van der Waals surface area (Å²) < 4.78 is 32.5. The van der Waals surface area contributed by atoms with Gasteiger partial charge in [0.1, 0.15) is 16.4 Å². The summed E-state index contributed by atoms with van der Waals surface area (Å²) in [5.74, 6) is 1.25. The second-order valence-corrected chi connectivity index (χ2v) is 6.59. The molecule has 0 saturated carbocycles. The number of benzene rings is 1. The number of halogens is 1. The minimum Gasteiger partial charge on any atom is -0.465 e. The minimum absolute atomic E-state index is 0.0415. The minimum atomic E-state index is -3.77. The monoisotopic (exact) mass is 314 g/mol. The molecule has 0 radical (unpaired) electrons. The summed E-state index contributed by atoms with van der Waals surface area (Å²) in [6.07, 6.45) is 0. The van der Waals surface area contributed by atoms with Gasteiger partial charge in [0.05, 0.1) is 11.7 Å². The maximum atomic E-state index is 12.3. The van der Waals surface area contributed by atoms with Gasteiger partial charge in [-0.15, -0.1) is 0 Å². The van der Waals surface area contributed by atoms with Gasteiger partial charge in [-0.1, -0.05) is 11.6 Å². The van der Waals surface area contributed by atoms with E-state index in [1.165, 1.54) is 18.2 Å². The Labute approximate surface area is 122 Å². The summed E-state index contributed by atoms with van der Waals surface area (Å²) in [6.45, 7) is 3.48. The van der Waals surface area contributed by atoms with E-state index in [-0.39, 0.29) is 10.6 Å². The van der Waals surface area contributed by atoms with Crippen molar-refractivity contribution in [1.29, 1.82) is 0 Å². The van der Waals surface area contributed by atoms with E-state index in [2.05, 4.69) is 4.72 Å². The lowest BCUT2D eigenvalue weighted by Crippen LogP contribution is -2.27. The standard InChI is InChI=1S/C13H15ClN2O3S/c1-8-3-6-12(19-8)9(2)16-20(17,18)13-7-10(14)4-5-11(13)15/h3-7,9,16H,15H2,1-2H3. The third-order valence-electron chi connectivity index (χ3n) is 2.78. The average Bonchev–Trinajstić information content (AvgIpc) is 2.78. The van der Waals surface area contributed by atoms with Gasteiger partial charge < -0.3 is 10.2 Å². The zero-order valence-corrected chi connectivity index (χ0v) is 12.6. The second-order valence-electron chi connectivity index (χ2n) is 4.47. The molecule has 0 aliphatic rings. The van der Waals surface area contributed by atoms with Crippen LogP contribution in [0.25, 0.3) is 0 Å². The van der Waals surface area contributed by atoms with E-state index in [1.807, 2.05) is 0 Å². The highest BCUT2D eigenvalue weighted by Crippen LogP contribution is 2.25. The van der Waals surface area contributed by atoms with E-state index in [9.17, 15) is 8.42 Å². The van der Waals surface area contributed by atoms with Crippen LogP contribution >= 0.6 is 11.6 Å². The molecule has 3 N–H and O–H groups in total. The molecule has 7 heteroatoms. The third kappa shape index (κ3) is 3.15. The predicted octanol–water partition coefficient (Wildman–Crippen LogP) is 2.86. The molecule has 0 fully saturated rings. The van der Waals surface area contributed by atoms with Crippen LogP contribution in [0.3, 0.4) is 0 Å². The fraction of sp³-hybridized carbons (Fsp3) is 0.231. The molecule has 1 aromatic carbocycles. The summed E-state index contributed by atoms with van der Waals surface area (Å²) in [7, 11) is -3.77. The highest BCUT2D eigenvalue weighted by molar-refractivity contribution is 7.89. The number of rotatable bonds is 4. The van der Waals surface area contributed by atoms with Crippen LogP contribution in [0.15, 0.2) is 39.6 Å². The van der Waals surface area contributed by atoms with E-state index in [0.717, 1.165) is 0 Å². The average molecular weight is 315 g/mol. The Hall–Kier alpha value is -1.50. The van der Waals surface area contributed by atoms with Crippen molar-refractivity contribution in [2.45, 2.75) is 24.8 Å². The molecule has 0 spiro atoms. The molecule has 1 atom stereocenters. The van der Waals surface area contributed by atoms with E-state index in [1.54, 1.807) is 26.0 Å². The molecule has 0 bridgehead atoms. The molecule has 1 aromatic heterocycles. The molecule has 1 unspecified atom stereocenters. The number of nitrogen functional groups attached to an aromatic ring is 1. The highest BCUT2D eigenvalue weighted by Gasteiger charge is 2.22. The van der Waals surface area contributed by atoms with E-state index in [4.69, 9.17) is 21.8 Å². The van der Waals surface area contributed by atoms with Gasteiger partial charge in [0, 0.05) is 5.02 Å². The Balaban J connectivity index is 2.29. The van der Waals surface area contributed by atoms with Crippen molar-refractivity contribution in [2.75, 3.05) is 5.73 Å². The molecule has 0 saturated heterocycles. The normalized spacial score (nSPS) is 13.3. The number of sulfonamides is 1. The lowest BCUT2D eigenvalue weighted by Gasteiger charge is -2.13. The van der Waals surface area contributed by atoms with Gasteiger partial charge in [-0.3, -0.25) is 0 Å². The summed E-state index contributed by atoms with van der Waals surface area (Å²) in [4.78, 5) is -0.0415. The molecule has 5 nitrogen and oxygen atoms in total. The first kappa shape index (κ1) is 14.9. The van der Waals surface area contributed by atoms with Crippen LogP contribution in [-0.2, 0) is 10.0 Å². The molecule has 2 aromatic rings. The van der Waals surface area contributed by atoms with Crippen LogP contribution in [0.5, 0.6) is 0 Å². The zero-order valence-electron chi connectivity index (χ0n) is 11.1. The van der Waals surface area contributed by atoms with E-state index >= 15 is 0 Å². The van der Waals surface area contributed by atoms with Crippen LogP contribution in [0, 0.1) is 6.92 Å². The van der Waals surface area contributed by atoms with Crippen molar-refractivity contribution in [3.63, 3.8) is 0 Å². The quantitative estimate of drug-likeness (QED) is 0.850. The van der Waals surface area contributed by atoms with Gasteiger partial charge in [-0.2, -0.15) is 0 Å². The van der Waals surface area contributed by atoms with Gasteiger partial charge in [0.25, 0.3) is 0 Å². The highest BCUT2D eigenvalue weighted by atomic mass is 35.5. The third-order valence-corrected chi connectivity index (χ3v) is 4.62. The zero-order chi connectivity index (χ0) is 14.9. The second kappa shape index (κ2) is 5.47. The van der Waals surface area contributed by atoms with Crippen molar-refractivity contribution in [1.82, 2.24) is 4.72 Å². The van der Waals surface area contributed by atoms with Gasteiger partial charge in [0.15, 0.2) is 0 Å². The Morgan fingerprint density at radius 2 is 2.00 bits per heavy atom. The van der Waals surface area contributed by atoms with E-state index < -0.39 is 16.1 Å². The molecular formula is C13H15ClN2O3S. The lowest BCUT2D eigenvalue weighted by atomic mass is 10.3. The number of nitrogens with one attached hydrogen (secondary N) is 1. The number of hydrogen-bond acceptors (Lipinski definition) is 4. The van der Waals surface area contributed by atoms with Crippen molar-refractivity contribution >= 4 is 27.3 Å².